The van der Waals surface area contributed by atoms with Crippen molar-refractivity contribution in [1.29, 1.82) is 0 Å². The molecular formula is C21H26O9S2. The van der Waals surface area contributed by atoms with Gasteiger partial charge in [0.05, 0.1) is 32.0 Å². The topological polar surface area (TPSA) is 125 Å². The van der Waals surface area contributed by atoms with Crippen LogP contribution in [-0.2, 0) is 26.7 Å². The van der Waals surface area contributed by atoms with E-state index in [4.69, 9.17) is 18.4 Å². The minimum absolute atomic E-state index is 0.0669. The Bertz CT molecular complexity index is 1200. The summed E-state index contributed by atoms with van der Waals surface area (Å²) in [7, 11) is -4.35. The highest BCUT2D eigenvalue weighted by atomic mass is 32.3. The highest BCUT2D eigenvalue weighted by molar-refractivity contribution is 7.91. The second-order valence-corrected chi connectivity index (χ2v) is 9.88. The first kappa shape index (κ1) is 25.5. The summed E-state index contributed by atoms with van der Waals surface area (Å²) in [6.45, 7) is 3.24. The molecule has 2 rings (SSSR count). The Morgan fingerprint density at radius 1 is 0.906 bits per heavy atom. The smallest absolute Gasteiger partial charge is 0.446 e. The lowest BCUT2D eigenvalue weighted by Crippen LogP contribution is -2.12. The molecule has 0 aliphatic heterocycles. The molecule has 32 heavy (non-hydrogen) atoms. The highest BCUT2D eigenvalue weighted by Crippen LogP contribution is 2.50. The Morgan fingerprint density at radius 2 is 1.44 bits per heavy atom. The Kier molecular flexibility index (Phi) is 8.16. The van der Waals surface area contributed by atoms with Crippen LogP contribution in [0.25, 0.3) is 0 Å². The van der Waals surface area contributed by atoms with Gasteiger partial charge in [-0.15, -0.1) is 0 Å². The third-order valence-corrected chi connectivity index (χ3v) is 6.86. The summed E-state index contributed by atoms with van der Waals surface area (Å²) in [5.41, 5.74) is 1.36. The number of rotatable bonds is 10. The lowest BCUT2D eigenvalue weighted by Gasteiger charge is -2.21. The van der Waals surface area contributed by atoms with E-state index in [0.717, 1.165) is 0 Å². The van der Waals surface area contributed by atoms with E-state index in [9.17, 15) is 21.4 Å². The number of methoxy groups -OCH3 is 3. The van der Waals surface area contributed by atoms with Gasteiger partial charge in [0, 0.05) is 11.1 Å². The first-order valence-corrected chi connectivity index (χ1v) is 12.4. The zero-order valence-corrected chi connectivity index (χ0v) is 20.0. The van der Waals surface area contributed by atoms with Crippen LogP contribution in [0.2, 0.25) is 0 Å². The fourth-order valence-electron chi connectivity index (χ4n) is 3.21. The van der Waals surface area contributed by atoms with Crippen LogP contribution in [0.4, 0.5) is 0 Å². The molecule has 1 N–H and O–H groups in total. The van der Waals surface area contributed by atoms with Gasteiger partial charge in [-0.1, -0.05) is 29.8 Å². The largest absolute Gasteiger partial charge is 0.492 e. The van der Waals surface area contributed by atoms with E-state index < -0.39 is 20.2 Å². The number of benzene rings is 2. The van der Waals surface area contributed by atoms with Crippen LogP contribution >= 0.6 is 0 Å². The minimum atomic E-state index is -4.85. The fourth-order valence-corrected chi connectivity index (χ4v) is 5.07. The average molecular weight is 487 g/mol. The van der Waals surface area contributed by atoms with Gasteiger partial charge < -0.3 is 18.4 Å². The van der Waals surface area contributed by atoms with Gasteiger partial charge in [-0.05, 0) is 32.4 Å². The van der Waals surface area contributed by atoms with E-state index in [1.54, 1.807) is 38.1 Å². The Balaban J connectivity index is 2.51. The first-order chi connectivity index (χ1) is 14.9. The van der Waals surface area contributed by atoms with Gasteiger partial charge >= 0.3 is 10.4 Å². The zero-order chi connectivity index (χ0) is 24.1. The van der Waals surface area contributed by atoms with Crippen molar-refractivity contribution < 1.29 is 39.8 Å². The molecule has 0 unspecified atom stereocenters. The SMILES string of the molecule is COc1c(C/C=C(\C)CS(=O)(=O)c2ccccc2)c(C)c(OS(=O)(=O)O)c(OC)c1OC. The van der Waals surface area contributed by atoms with Crippen LogP contribution in [0, 0.1) is 6.92 Å². The molecule has 0 fully saturated rings. The third-order valence-electron chi connectivity index (χ3n) is 4.66. The maximum atomic E-state index is 12.6. The Hall–Kier alpha value is -2.76. The van der Waals surface area contributed by atoms with Crippen LogP contribution < -0.4 is 18.4 Å². The van der Waals surface area contributed by atoms with Crippen molar-refractivity contribution >= 4 is 20.2 Å². The van der Waals surface area contributed by atoms with E-state index in [1.165, 1.54) is 33.5 Å². The van der Waals surface area contributed by atoms with Crippen molar-refractivity contribution in [2.75, 3.05) is 27.1 Å². The van der Waals surface area contributed by atoms with Crippen LogP contribution in [0.1, 0.15) is 18.1 Å². The van der Waals surface area contributed by atoms with E-state index in [1.807, 2.05) is 0 Å². The summed E-state index contributed by atoms with van der Waals surface area (Å²) in [5.74, 6) is -0.196. The van der Waals surface area contributed by atoms with Gasteiger partial charge in [-0.3, -0.25) is 4.55 Å². The summed E-state index contributed by atoms with van der Waals surface area (Å²) < 4.78 is 77.9. The molecule has 11 heteroatoms. The molecule has 9 nitrogen and oxygen atoms in total. The molecule has 0 aliphatic rings. The summed E-state index contributed by atoms with van der Waals surface area (Å²) in [6, 6.07) is 8.10. The van der Waals surface area contributed by atoms with Crippen molar-refractivity contribution in [2.45, 2.75) is 25.2 Å². The molecule has 176 valence electrons. The van der Waals surface area contributed by atoms with Crippen LogP contribution in [0.5, 0.6) is 23.0 Å². The van der Waals surface area contributed by atoms with Gasteiger partial charge in [0.2, 0.25) is 11.5 Å². The third kappa shape index (κ3) is 5.93. The average Bonchev–Trinajstić information content (AvgIpc) is 2.73. The summed E-state index contributed by atoms with van der Waals surface area (Å²) >= 11 is 0. The van der Waals surface area contributed by atoms with Gasteiger partial charge in [-0.25, -0.2) is 8.42 Å². The zero-order valence-electron chi connectivity index (χ0n) is 18.4. The van der Waals surface area contributed by atoms with Crippen molar-refractivity contribution in [3.63, 3.8) is 0 Å². The van der Waals surface area contributed by atoms with Crippen molar-refractivity contribution in [3.05, 3.63) is 53.1 Å². The van der Waals surface area contributed by atoms with Gasteiger partial charge in [0.1, 0.15) is 0 Å². The molecule has 0 aliphatic carbocycles. The summed E-state index contributed by atoms with van der Waals surface area (Å²) in [5, 5.41) is 0. The maximum Gasteiger partial charge on any atom is 0.446 e. The van der Waals surface area contributed by atoms with Crippen molar-refractivity contribution in [1.82, 2.24) is 0 Å². The molecule has 0 saturated carbocycles. The van der Waals surface area contributed by atoms with Gasteiger partial charge in [0.15, 0.2) is 21.3 Å². The highest BCUT2D eigenvalue weighted by Gasteiger charge is 2.28. The molecule has 0 aromatic heterocycles. The quantitative estimate of drug-likeness (QED) is 0.398. The predicted molar refractivity (Wildman–Crippen MR) is 119 cm³/mol. The normalized spacial score (nSPS) is 12.4. The second kappa shape index (κ2) is 10.2. The molecule has 0 spiro atoms. The molecule has 0 heterocycles. The Morgan fingerprint density at radius 3 is 1.94 bits per heavy atom. The van der Waals surface area contributed by atoms with E-state index in [2.05, 4.69) is 0 Å². The molecule has 0 bridgehead atoms. The van der Waals surface area contributed by atoms with Gasteiger partial charge in [0.25, 0.3) is 0 Å². The van der Waals surface area contributed by atoms with E-state index >= 15 is 0 Å². The fraction of sp³-hybridized carbons (Fsp3) is 0.333. The second-order valence-electron chi connectivity index (χ2n) is 6.87. The number of ether oxygens (including phenoxy) is 3. The lowest BCUT2D eigenvalue weighted by molar-refractivity contribution is 0.309. The lowest BCUT2D eigenvalue weighted by atomic mass is 10.0. The number of sulfone groups is 1. The van der Waals surface area contributed by atoms with Crippen LogP contribution in [-0.4, -0.2) is 48.5 Å². The van der Waals surface area contributed by atoms with Crippen molar-refractivity contribution in [2.24, 2.45) is 0 Å². The van der Waals surface area contributed by atoms with E-state index in [-0.39, 0.29) is 40.1 Å². The van der Waals surface area contributed by atoms with Crippen molar-refractivity contribution in [3.8, 4) is 23.0 Å². The van der Waals surface area contributed by atoms with Gasteiger partial charge in [-0.2, -0.15) is 8.42 Å². The minimum Gasteiger partial charge on any atom is -0.492 e. The number of hydrogen-bond donors (Lipinski definition) is 1. The molecular weight excluding hydrogens is 460 g/mol. The number of hydrogen-bond acceptors (Lipinski definition) is 8. The van der Waals surface area contributed by atoms with Crippen LogP contribution in [0.15, 0.2) is 46.9 Å². The Labute approximate surface area is 188 Å². The standard InChI is InChI=1S/C21H26O9S2/c1-14(13-31(22,23)16-9-7-6-8-10-16)11-12-17-15(2)18(30-32(24,25)26)20(28-4)21(29-5)19(17)27-3/h6-11H,12-13H2,1-5H3,(H,24,25,26)/b14-11+. The summed E-state index contributed by atoms with van der Waals surface area (Å²) in [4.78, 5) is 0.219. The molecule has 0 radical (unpaired) electrons. The molecule has 0 saturated heterocycles. The monoisotopic (exact) mass is 486 g/mol. The molecule has 2 aromatic carbocycles. The maximum absolute atomic E-state index is 12.6. The molecule has 0 amide bonds. The van der Waals surface area contributed by atoms with E-state index in [0.29, 0.717) is 16.7 Å². The summed E-state index contributed by atoms with van der Waals surface area (Å²) in [6.07, 6.45) is 1.86. The predicted octanol–water partition coefficient (Wildman–Crippen LogP) is 3.17. The molecule has 0 atom stereocenters. The number of allylic oxidation sites excluding steroid dienone is 1. The first-order valence-electron chi connectivity index (χ1n) is 9.36. The van der Waals surface area contributed by atoms with Crippen LogP contribution in [0.3, 0.4) is 0 Å². The molecule has 2 aromatic rings.